The number of carbonyl (C=O) groups is 1. The fourth-order valence-electron chi connectivity index (χ4n) is 2.58. The van der Waals surface area contributed by atoms with E-state index in [1.54, 1.807) is 6.20 Å². The Bertz CT molecular complexity index is 630. The zero-order valence-corrected chi connectivity index (χ0v) is 14.7. The molecule has 0 atom stereocenters. The van der Waals surface area contributed by atoms with Crippen LogP contribution in [0.4, 0.5) is 5.69 Å². The molecule has 0 saturated carbocycles. The van der Waals surface area contributed by atoms with Gasteiger partial charge in [0.1, 0.15) is 11.6 Å². The van der Waals surface area contributed by atoms with Gasteiger partial charge in [0.05, 0.1) is 0 Å². The number of hydrogen-bond donors (Lipinski definition) is 1. The predicted molar refractivity (Wildman–Crippen MR) is 96.9 cm³/mol. The van der Waals surface area contributed by atoms with Crippen molar-refractivity contribution in [2.24, 2.45) is 0 Å². The van der Waals surface area contributed by atoms with Crippen LogP contribution in [0.25, 0.3) is 0 Å². The Morgan fingerprint density at radius 1 is 1.38 bits per heavy atom. The predicted octanol–water partition coefficient (Wildman–Crippen LogP) is 2.79. The van der Waals surface area contributed by atoms with E-state index in [4.69, 9.17) is 11.6 Å². The van der Waals surface area contributed by atoms with Crippen molar-refractivity contribution in [2.45, 2.75) is 19.8 Å². The van der Waals surface area contributed by atoms with Gasteiger partial charge in [0, 0.05) is 49.6 Å². The standard InChI is InChI=1S/C18H23ClN4O/c1-2-3-7-21-18(24)15(13-20)14-22-8-10-23(11-9-22)17-6-4-5-16(19)12-17/h4-6,12,14H,2-3,7-11H2,1H3,(H,21,24). The van der Waals surface area contributed by atoms with Crippen molar-refractivity contribution in [1.29, 1.82) is 5.26 Å². The monoisotopic (exact) mass is 346 g/mol. The molecule has 1 N–H and O–H groups in total. The number of nitriles is 1. The number of rotatable bonds is 6. The van der Waals surface area contributed by atoms with Crippen LogP contribution in [0, 0.1) is 11.3 Å². The van der Waals surface area contributed by atoms with Crippen LogP contribution in [-0.2, 0) is 4.79 Å². The van der Waals surface area contributed by atoms with E-state index in [2.05, 4.69) is 17.1 Å². The van der Waals surface area contributed by atoms with E-state index in [0.29, 0.717) is 6.54 Å². The summed E-state index contributed by atoms with van der Waals surface area (Å²) >= 11 is 6.04. The molecule has 1 aliphatic rings. The summed E-state index contributed by atoms with van der Waals surface area (Å²) in [6, 6.07) is 9.80. The lowest BCUT2D eigenvalue weighted by Crippen LogP contribution is -2.44. The number of anilines is 1. The lowest BCUT2D eigenvalue weighted by atomic mass is 10.2. The second-order valence-electron chi connectivity index (χ2n) is 5.77. The third-order valence-corrected chi connectivity index (χ3v) is 4.22. The lowest BCUT2D eigenvalue weighted by molar-refractivity contribution is -0.117. The molecule has 2 rings (SSSR count). The van der Waals surface area contributed by atoms with Gasteiger partial charge in [-0.25, -0.2) is 0 Å². The number of benzene rings is 1. The summed E-state index contributed by atoms with van der Waals surface area (Å²) in [5.74, 6) is -0.289. The van der Waals surface area contributed by atoms with Crippen molar-refractivity contribution in [3.63, 3.8) is 0 Å². The summed E-state index contributed by atoms with van der Waals surface area (Å²) in [6.07, 6.45) is 3.61. The van der Waals surface area contributed by atoms with E-state index < -0.39 is 0 Å². The quantitative estimate of drug-likeness (QED) is 0.489. The molecule has 1 fully saturated rings. The highest BCUT2D eigenvalue weighted by Crippen LogP contribution is 2.20. The van der Waals surface area contributed by atoms with Gasteiger partial charge < -0.3 is 15.1 Å². The van der Waals surface area contributed by atoms with Crippen LogP contribution < -0.4 is 10.2 Å². The van der Waals surface area contributed by atoms with Crippen LogP contribution in [-0.4, -0.2) is 43.5 Å². The number of piperazine rings is 1. The Labute approximate surface area is 148 Å². The largest absolute Gasteiger partial charge is 0.373 e. The molecule has 1 aromatic carbocycles. The second kappa shape index (κ2) is 9.19. The average Bonchev–Trinajstić information content (AvgIpc) is 2.60. The van der Waals surface area contributed by atoms with E-state index >= 15 is 0 Å². The van der Waals surface area contributed by atoms with Crippen molar-refractivity contribution in [3.8, 4) is 6.07 Å². The van der Waals surface area contributed by atoms with Crippen LogP contribution in [0.2, 0.25) is 5.02 Å². The number of halogens is 1. The van der Waals surface area contributed by atoms with E-state index in [1.165, 1.54) is 0 Å². The van der Waals surface area contributed by atoms with Gasteiger partial charge in [-0.15, -0.1) is 0 Å². The molecule has 0 aromatic heterocycles. The zero-order valence-electron chi connectivity index (χ0n) is 14.0. The fourth-order valence-corrected chi connectivity index (χ4v) is 2.76. The highest BCUT2D eigenvalue weighted by molar-refractivity contribution is 6.30. The first-order valence-electron chi connectivity index (χ1n) is 8.28. The van der Waals surface area contributed by atoms with Crippen LogP contribution in [0.5, 0.6) is 0 Å². The van der Waals surface area contributed by atoms with Crippen molar-refractivity contribution < 1.29 is 4.79 Å². The van der Waals surface area contributed by atoms with Gasteiger partial charge in [0.2, 0.25) is 0 Å². The highest BCUT2D eigenvalue weighted by Gasteiger charge is 2.17. The van der Waals surface area contributed by atoms with E-state index in [9.17, 15) is 10.1 Å². The Morgan fingerprint density at radius 3 is 2.75 bits per heavy atom. The molecular weight excluding hydrogens is 324 g/mol. The fraction of sp³-hybridized carbons (Fsp3) is 0.444. The first-order chi connectivity index (χ1) is 11.6. The van der Waals surface area contributed by atoms with E-state index in [1.807, 2.05) is 35.2 Å². The van der Waals surface area contributed by atoms with Gasteiger partial charge in [-0.3, -0.25) is 4.79 Å². The minimum absolute atomic E-state index is 0.169. The van der Waals surface area contributed by atoms with Crippen LogP contribution in [0.15, 0.2) is 36.0 Å². The van der Waals surface area contributed by atoms with E-state index in [0.717, 1.165) is 49.7 Å². The molecule has 24 heavy (non-hydrogen) atoms. The molecule has 0 unspecified atom stereocenters. The molecule has 0 aliphatic carbocycles. The Hall–Kier alpha value is -2.19. The van der Waals surface area contributed by atoms with Gasteiger partial charge in [-0.2, -0.15) is 5.26 Å². The summed E-state index contributed by atoms with van der Waals surface area (Å²) in [7, 11) is 0. The van der Waals surface area contributed by atoms with Crippen molar-refractivity contribution in [1.82, 2.24) is 10.2 Å². The minimum Gasteiger partial charge on any atom is -0.373 e. The number of nitrogens with one attached hydrogen (secondary N) is 1. The van der Waals surface area contributed by atoms with Gasteiger partial charge in [-0.05, 0) is 24.6 Å². The zero-order chi connectivity index (χ0) is 17.4. The topological polar surface area (TPSA) is 59.4 Å². The molecule has 1 aliphatic heterocycles. The first-order valence-corrected chi connectivity index (χ1v) is 8.66. The first kappa shape index (κ1) is 18.2. The summed E-state index contributed by atoms with van der Waals surface area (Å²) in [4.78, 5) is 16.3. The maximum absolute atomic E-state index is 12.0. The van der Waals surface area contributed by atoms with Crippen molar-refractivity contribution in [2.75, 3.05) is 37.6 Å². The Morgan fingerprint density at radius 2 is 2.12 bits per heavy atom. The Kier molecular flexibility index (Phi) is 6.95. The van der Waals surface area contributed by atoms with Gasteiger partial charge in [-0.1, -0.05) is 31.0 Å². The average molecular weight is 347 g/mol. The molecule has 6 heteroatoms. The molecule has 0 spiro atoms. The smallest absolute Gasteiger partial charge is 0.263 e. The van der Waals surface area contributed by atoms with Gasteiger partial charge in [0.25, 0.3) is 5.91 Å². The summed E-state index contributed by atoms with van der Waals surface area (Å²) in [5.41, 5.74) is 1.27. The van der Waals surface area contributed by atoms with Gasteiger partial charge in [0.15, 0.2) is 0 Å². The van der Waals surface area contributed by atoms with Crippen molar-refractivity contribution >= 4 is 23.2 Å². The third kappa shape index (κ3) is 5.17. The highest BCUT2D eigenvalue weighted by atomic mass is 35.5. The van der Waals surface area contributed by atoms with Crippen LogP contribution >= 0.6 is 11.6 Å². The molecule has 128 valence electrons. The van der Waals surface area contributed by atoms with Crippen LogP contribution in [0.3, 0.4) is 0 Å². The second-order valence-corrected chi connectivity index (χ2v) is 6.20. The Balaban J connectivity index is 1.90. The van der Waals surface area contributed by atoms with Crippen molar-refractivity contribution in [3.05, 3.63) is 41.1 Å². The minimum atomic E-state index is -0.289. The third-order valence-electron chi connectivity index (χ3n) is 3.98. The molecule has 1 amide bonds. The summed E-state index contributed by atoms with van der Waals surface area (Å²) in [5, 5.41) is 12.7. The normalized spacial score (nSPS) is 15.1. The molecule has 1 saturated heterocycles. The maximum Gasteiger partial charge on any atom is 0.263 e. The van der Waals surface area contributed by atoms with Gasteiger partial charge >= 0.3 is 0 Å². The van der Waals surface area contributed by atoms with E-state index in [-0.39, 0.29) is 11.5 Å². The molecule has 1 aromatic rings. The number of unbranched alkanes of at least 4 members (excludes halogenated alkanes) is 1. The number of nitrogens with zero attached hydrogens (tertiary/aromatic N) is 3. The number of hydrogen-bond acceptors (Lipinski definition) is 4. The molecular formula is C18H23ClN4O. The molecule has 0 radical (unpaired) electrons. The SMILES string of the molecule is CCCCNC(=O)C(C#N)=CN1CCN(c2cccc(Cl)c2)CC1. The summed E-state index contributed by atoms with van der Waals surface area (Å²) in [6.45, 7) is 5.85. The molecule has 1 heterocycles. The maximum atomic E-state index is 12.0. The molecule has 0 bridgehead atoms. The number of carbonyl (C=O) groups excluding carboxylic acids is 1. The number of amides is 1. The molecule has 5 nitrogen and oxygen atoms in total. The lowest BCUT2D eigenvalue weighted by Gasteiger charge is -2.35. The summed E-state index contributed by atoms with van der Waals surface area (Å²) < 4.78 is 0. The van der Waals surface area contributed by atoms with Crippen LogP contribution in [0.1, 0.15) is 19.8 Å².